The van der Waals surface area contributed by atoms with Crippen molar-refractivity contribution >= 4 is 29.0 Å². The Labute approximate surface area is 175 Å². The Bertz CT molecular complexity index is 1170. The lowest BCUT2D eigenvalue weighted by Gasteiger charge is -2.16. The van der Waals surface area contributed by atoms with Gasteiger partial charge in [-0.05, 0) is 29.8 Å². The van der Waals surface area contributed by atoms with Crippen LogP contribution < -0.4 is 5.32 Å². The third-order valence-corrected chi connectivity index (χ3v) is 7.02. The van der Waals surface area contributed by atoms with Crippen molar-refractivity contribution in [1.29, 1.82) is 5.26 Å². The van der Waals surface area contributed by atoms with E-state index >= 15 is 0 Å². The summed E-state index contributed by atoms with van der Waals surface area (Å²) in [4.78, 5) is 26.1. The molecule has 29 heavy (non-hydrogen) atoms. The van der Waals surface area contributed by atoms with Crippen molar-refractivity contribution in [3.63, 3.8) is 0 Å². The number of rotatable bonds is 5. The molecule has 1 N–H and O–H groups in total. The van der Waals surface area contributed by atoms with Crippen LogP contribution in [-0.2, 0) is 0 Å². The van der Waals surface area contributed by atoms with Crippen molar-refractivity contribution < 1.29 is 4.79 Å². The van der Waals surface area contributed by atoms with Crippen LogP contribution in [0.4, 0.5) is 0 Å². The van der Waals surface area contributed by atoms with E-state index in [1.165, 1.54) is 11.3 Å². The SMILES string of the molecule is N#CN1CC2=C[C@]2(NC(=O)c2ncc(-c3cnccc3Sc3ccccc3)s2)C1. The second-order valence-electron chi connectivity index (χ2n) is 6.87. The Hall–Kier alpha value is -3.15. The number of pyridine rings is 1. The van der Waals surface area contributed by atoms with E-state index < -0.39 is 5.54 Å². The van der Waals surface area contributed by atoms with Crippen LogP contribution in [0.25, 0.3) is 10.4 Å². The van der Waals surface area contributed by atoms with Crippen molar-refractivity contribution in [2.45, 2.75) is 15.3 Å². The second kappa shape index (κ2) is 7.03. The lowest BCUT2D eigenvalue weighted by molar-refractivity contribution is 0.0935. The van der Waals surface area contributed by atoms with E-state index in [0.29, 0.717) is 18.1 Å². The first kappa shape index (κ1) is 17.9. The molecule has 0 bridgehead atoms. The summed E-state index contributed by atoms with van der Waals surface area (Å²) in [5.41, 5.74) is 1.59. The Morgan fingerprint density at radius 2 is 2.14 bits per heavy atom. The third kappa shape index (κ3) is 3.39. The highest BCUT2D eigenvalue weighted by Gasteiger charge is 2.52. The van der Waals surface area contributed by atoms with Gasteiger partial charge >= 0.3 is 0 Å². The molecule has 8 heteroatoms. The molecule has 1 fully saturated rings. The first-order valence-corrected chi connectivity index (χ1v) is 10.6. The van der Waals surface area contributed by atoms with Crippen LogP contribution in [0.5, 0.6) is 0 Å². The summed E-state index contributed by atoms with van der Waals surface area (Å²) in [5.74, 6) is -0.214. The van der Waals surface area contributed by atoms with E-state index in [0.717, 1.165) is 25.8 Å². The van der Waals surface area contributed by atoms with Crippen molar-refractivity contribution in [1.82, 2.24) is 20.2 Å². The van der Waals surface area contributed by atoms with Gasteiger partial charge in [0.15, 0.2) is 11.2 Å². The zero-order chi connectivity index (χ0) is 19.8. The molecular weight excluding hydrogens is 402 g/mol. The molecule has 5 rings (SSSR count). The quantitative estimate of drug-likeness (QED) is 0.505. The maximum atomic E-state index is 12.7. The zero-order valence-electron chi connectivity index (χ0n) is 15.2. The largest absolute Gasteiger partial charge is 0.335 e. The second-order valence-corrected chi connectivity index (χ2v) is 9.01. The molecule has 0 saturated carbocycles. The molecule has 0 radical (unpaired) electrons. The van der Waals surface area contributed by atoms with E-state index in [9.17, 15) is 4.79 Å². The first-order chi connectivity index (χ1) is 14.2. The number of hydrogen-bond acceptors (Lipinski definition) is 7. The highest BCUT2D eigenvalue weighted by Crippen LogP contribution is 2.42. The lowest BCUT2D eigenvalue weighted by atomic mass is 10.2. The molecular formula is C21H15N5OS2. The average molecular weight is 418 g/mol. The molecule has 1 aliphatic carbocycles. The van der Waals surface area contributed by atoms with Gasteiger partial charge in [0.25, 0.3) is 5.91 Å². The molecule has 0 unspecified atom stereocenters. The third-order valence-electron chi connectivity index (χ3n) is 4.91. The highest BCUT2D eigenvalue weighted by molar-refractivity contribution is 7.99. The van der Waals surface area contributed by atoms with Crippen LogP contribution in [0.2, 0.25) is 0 Å². The van der Waals surface area contributed by atoms with Gasteiger partial charge in [-0.25, -0.2) is 4.98 Å². The molecule has 6 nitrogen and oxygen atoms in total. The van der Waals surface area contributed by atoms with Gasteiger partial charge in [-0.2, -0.15) is 5.26 Å². The number of hydrogen-bond donors (Lipinski definition) is 1. The maximum absolute atomic E-state index is 12.7. The number of benzene rings is 1. The standard InChI is InChI=1S/C21H15N5OS2/c22-13-26-11-14-8-21(14,12-26)25-19(27)20-24-10-18(29-20)16-9-23-7-6-17(16)28-15-4-2-1-3-5-15/h1-10H,11-12H2,(H,25,27)/t21-/m0/s1. The summed E-state index contributed by atoms with van der Waals surface area (Å²) in [6, 6.07) is 12.1. The summed E-state index contributed by atoms with van der Waals surface area (Å²) in [5, 5.41) is 12.5. The van der Waals surface area contributed by atoms with Crippen LogP contribution in [0.3, 0.4) is 0 Å². The summed E-state index contributed by atoms with van der Waals surface area (Å²) in [6.07, 6.45) is 9.45. The van der Waals surface area contributed by atoms with Crippen molar-refractivity contribution in [3.8, 4) is 16.6 Å². The molecule has 142 valence electrons. The molecule has 1 aliphatic heterocycles. The molecule has 0 spiro atoms. The minimum atomic E-state index is -0.457. The number of carbonyl (C=O) groups is 1. The summed E-state index contributed by atoms with van der Waals surface area (Å²) >= 11 is 3.00. The number of fused-ring (bicyclic) bond motifs is 1. The molecule has 2 aliphatic rings. The number of carbonyl (C=O) groups excluding carboxylic acids is 1. The molecule has 3 aromatic rings. The number of likely N-dealkylation sites (tertiary alicyclic amines) is 1. The van der Waals surface area contributed by atoms with E-state index in [4.69, 9.17) is 5.26 Å². The Kier molecular flexibility index (Phi) is 4.34. The van der Waals surface area contributed by atoms with Crippen molar-refractivity contribution in [3.05, 3.63) is 71.6 Å². The lowest BCUT2D eigenvalue weighted by Crippen LogP contribution is -2.42. The average Bonchev–Trinajstić information content (AvgIpc) is 3.10. The molecule has 1 amide bonds. The van der Waals surface area contributed by atoms with E-state index in [1.54, 1.807) is 29.1 Å². The number of amides is 1. The predicted molar refractivity (Wildman–Crippen MR) is 111 cm³/mol. The predicted octanol–water partition coefficient (Wildman–Crippen LogP) is 3.56. The number of nitrogens with zero attached hydrogens (tertiary/aromatic N) is 4. The molecule has 1 saturated heterocycles. The van der Waals surface area contributed by atoms with Crippen LogP contribution in [0.15, 0.2) is 76.4 Å². The van der Waals surface area contributed by atoms with Gasteiger partial charge in [-0.1, -0.05) is 30.0 Å². The maximum Gasteiger partial charge on any atom is 0.281 e. The number of aromatic nitrogens is 2. The Balaban J connectivity index is 1.35. The number of nitriles is 1. The molecule has 1 aromatic carbocycles. The summed E-state index contributed by atoms with van der Waals surface area (Å²) in [7, 11) is 0. The monoisotopic (exact) mass is 417 g/mol. The van der Waals surface area contributed by atoms with Gasteiger partial charge in [0.1, 0.15) is 5.54 Å². The van der Waals surface area contributed by atoms with Gasteiger partial charge < -0.3 is 10.2 Å². The Morgan fingerprint density at radius 3 is 2.93 bits per heavy atom. The van der Waals surface area contributed by atoms with Gasteiger partial charge in [0, 0.05) is 33.9 Å². The van der Waals surface area contributed by atoms with Crippen LogP contribution in [0, 0.1) is 11.5 Å². The summed E-state index contributed by atoms with van der Waals surface area (Å²) < 4.78 is 0. The fourth-order valence-electron chi connectivity index (χ4n) is 3.42. The van der Waals surface area contributed by atoms with Crippen LogP contribution >= 0.6 is 23.1 Å². The molecule has 3 heterocycles. The van der Waals surface area contributed by atoms with Crippen LogP contribution in [-0.4, -0.2) is 39.4 Å². The minimum Gasteiger partial charge on any atom is -0.335 e. The van der Waals surface area contributed by atoms with E-state index in [1.807, 2.05) is 36.5 Å². The summed E-state index contributed by atoms with van der Waals surface area (Å²) in [6.45, 7) is 1.10. The van der Waals surface area contributed by atoms with E-state index in [2.05, 4.69) is 33.6 Å². The highest BCUT2D eigenvalue weighted by atomic mass is 32.2. The molecule has 2 aromatic heterocycles. The Morgan fingerprint density at radius 1 is 1.28 bits per heavy atom. The molecule has 1 atom stereocenters. The first-order valence-electron chi connectivity index (χ1n) is 8.99. The van der Waals surface area contributed by atoms with Gasteiger partial charge in [0.05, 0.1) is 18.0 Å². The van der Waals surface area contributed by atoms with Crippen LogP contribution in [0.1, 0.15) is 9.80 Å². The zero-order valence-corrected chi connectivity index (χ0v) is 16.8. The fourth-order valence-corrected chi connectivity index (χ4v) is 5.26. The number of nitrogens with one attached hydrogen (secondary N) is 1. The van der Waals surface area contributed by atoms with E-state index in [-0.39, 0.29) is 5.91 Å². The minimum absolute atomic E-state index is 0.214. The van der Waals surface area contributed by atoms with Gasteiger partial charge in [-0.15, -0.1) is 11.3 Å². The fraction of sp³-hybridized carbons (Fsp3) is 0.143. The smallest absolute Gasteiger partial charge is 0.281 e. The van der Waals surface area contributed by atoms with Gasteiger partial charge in [-0.3, -0.25) is 9.78 Å². The normalized spacial score (nSPS) is 19.3. The topological polar surface area (TPSA) is 81.9 Å². The van der Waals surface area contributed by atoms with Crippen molar-refractivity contribution in [2.75, 3.05) is 13.1 Å². The van der Waals surface area contributed by atoms with Gasteiger partial charge in [0.2, 0.25) is 0 Å². The number of thiazole rings is 1. The van der Waals surface area contributed by atoms with Crippen molar-refractivity contribution in [2.24, 2.45) is 0 Å².